The van der Waals surface area contributed by atoms with Crippen LogP contribution in [-0.2, 0) is 19.1 Å². The summed E-state index contributed by atoms with van der Waals surface area (Å²) in [7, 11) is 1.25. The molecule has 7 nitrogen and oxygen atoms in total. The lowest BCUT2D eigenvalue weighted by molar-refractivity contribution is -0.145. The Balaban J connectivity index is 1.73. The summed E-state index contributed by atoms with van der Waals surface area (Å²) >= 11 is 0. The highest BCUT2D eigenvalue weighted by Crippen LogP contribution is 2.31. The molecule has 2 aromatic rings. The van der Waals surface area contributed by atoms with E-state index in [2.05, 4.69) is 15.0 Å². The number of fused-ring (bicyclic) bond motifs is 1. The van der Waals surface area contributed by atoms with E-state index in [0.717, 1.165) is 23.8 Å². The van der Waals surface area contributed by atoms with E-state index in [-0.39, 0.29) is 17.7 Å². The van der Waals surface area contributed by atoms with Crippen LogP contribution >= 0.6 is 0 Å². The first-order valence-corrected chi connectivity index (χ1v) is 7.69. The second-order valence-corrected chi connectivity index (χ2v) is 5.77. The molecule has 1 saturated carbocycles. The number of nitrogens with zero attached hydrogens (tertiary/aromatic N) is 2. The summed E-state index contributed by atoms with van der Waals surface area (Å²) in [5.41, 5.74) is 1.48. The summed E-state index contributed by atoms with van der Waals surface area (Å²) in [5, 5.41) is 0.864. The van der Waals surface area contributed by atoms with E-state index in [1.807, 2.05) is 12.1 Å². The van der Waals surface area contributed by atoms with Gasteiger partial charge < -0.3 is 14.5 Å². The van der Waals surface area contributed by atoms with Crippen LogP contribution in [0.5, 0.6) is 0 Å². The molecule has 3 heterocycles. The van der Waals surface area contributed by atoms with Gasteiger partial charge in [0.25, 0.3) is 0 Å². The summed E-state index contributed by atoms with van der Waals surface area (Å²) in [4.78, 5) is 36.1. The maximum atomic E-state index is 12.6. The number of ether oxygens (including phenoxy) is 2. The molecule has 0 spiro atoms. The van der Waals surface area contributed by atoms with Crippen LogP contribution < -0.4 is 0 Å². The molecular formula is C17H15N3O4. The first-order valence-electron chi connectivity index (χ1n) is 7.69. The molecular weight excluding hydrogens is 310 g/mol. The van der Waals surface area contributed by atoms with Crippen molar-refractivity contribution in [2.75, 3.05) is 7.11 Å². The Labute approximate surface area is 137 Å². The van der Waals surface area contributed by atoms with Crippen LogP contribution in [0.1, 0.15) is 18.4 Å². The maximum absolute atomic E-state index is 12.6. The Morgan fingerprint density at radius 2 is 2.33 bits per heavy atom. The number of carbonyl (C=O) groups excluding carboxylic acids is 2. The van der Waals surface area contributed by atoms with Gasteiger partial charge in [-0.05, 0) is 31.1 Å². The normalized spacial score (nSPS) is 23.9. The van der Waals surface area contributed by atoms with Crippen molar-refractivity contribution in [1.29, 1.82) is 0 Å². The standard InChI is InChI=1S/C17H15N3O4/c1-23-17(22)13-14(21)12(24-16(13)20-10-4-5-10)7-9-8-19-15-11(9)3-2-6-18-15/h2-3,6-8,10,13H,4-5H2,1H3,(H,18,19)/b12-7-,20-16?. The number of carbonyl (C=O) groups is 2. The van der Waals surface area contributed by atoms with Crippen molar-refractivity contribution in [3.8, 4) is 0 Å². The number of aromatic amines is 1. The molecule has 2 fully saturated rings. The van der Waals surface area contributed by atoms with Gasteiger partial charge in [0, 0.05) is 23.3 Å². The monoisotopic (exact) mass is 325 g/mol. The van der Waals surface area contributed by atoms with E-state index in [9.17, 15) is 9.59 Å². The summed E-state index contributed by atoms with van der Waals surface area (Å²) in [6.07, 6.45) is 6.92. The van der Waals surface area contributed by atoms with E-state index in [1.54, 1.807) is 18.5 Å². The number of methoxy groups -OCH3 is 1. The maximum Gasteiger partial charge on any atom is 0.326 e. The Morgan fingerprint density at radius 3 is 3.08 bits per heavy atom. The predicted molar refractivity (Wildman–Crippen MR) is 86.1 cm³/mol. The molecule has 24 heavy (non-hydrogen) atoms. The van der Waals surface area contributed by atoms with Crippen LogP contribution in [0.15, 0.2) is 35.3 Å². The van der Waals surface area contributed by atoms with E-state index in [1.165, 1.54) is 7.11 Å². The van der Waals surface area contributed by atoms with Crippen LogP contribution in [-0.4, -0.2) is 40.8 Å². The number of hydrogen-bond acceptors (Lipinski definition) is 6. The lowest BCUT2D eigenvalue weighted by Gasteiger charge is -2.03. The molecule has 1 atom stereocenters. The van der Waals surface area contributed by atoms with Crippen LogP contribution in [0, 0.1) is 5.92 Å². The molecule has 0 aromatic carbocycles. The van der Waals surface area contributed by atoms with Crippen LogP contribution in [0.2, 0.25) is 0 Å². The minimum absolute atomic E-state index is 0.0922. The summed E-state index contributed by atoms with van der Waals surface area (Å²) < 4.78 is 10.3. The number of ketones is 1. The fraction of sp³-hybridized carbons (Fsp3) is 0.294. The molecule has 2 aromatic heterocycles. The van der Waals surface area contributed by atoms with Crippen molar-refractivity contribution in [2.45, 2.75) is 18.9 Å². The SMILES string of the molecule is COC(=O)C1C(=O)/C(=C/c2c[nH]c3ncccc23)OC1=NC1CC1. The zero-order chi connectivity index (χ0) is 16.7. The number of nitrogens with one attached hydrogen (secondary N) is 1. The van der Waals surface area contributed by atoms with Crippen molar-refractivity contribution in [3.63, 3.8) is 0 Å². The molecule has 1 aliphatic heterocycles. The van der Waals surface area contributed by atoms with Crippen molar-refractivity contribution < 1.29 is 19.1 Å². The molecule has 2 aliphatic rings. The van der Waals surface area contributed by atoms with Gasteiger partial charge in [0.05, 0.1) is 13.2 Å². The van der Waals surface area contributed by atoms with Crippen LogP contribution in [0.4, 0.5) is 0 Å². The lowest BCUT2D eigenvalue weighted by Crippen LogP contribution is -2.27. The van der Waals surface area contributed by atoms with E-state index >= 15 is 0 Å². The van der Waals surface area contributed by atoms with Gasteiger partial charge in [-0.1, -0.05) is 0 Å². The number of esters is 1. The third-order valence-corrected chi connectivity index (χ3v) is 4.03. The zero-order valence-corrected chi connectivity index (χ0v) is 13.0. The summed E-state index contributed by atoms with van der Waals surface area (Å²) in [5.74, 6) is -1.96. The van der Waals surface area contributed by atoms with Gasteiger partial charge in [-0.15, -0.1) is 0 Å². The third kappa shape index (κ3) is 2.47. The molecule has 1 aliphatic carbocycles. The molecule has 0 radical (unpaired) electrons. The van der Waals surface area contributed by atoms with Crippen LogP contribution in [0.25, 0.3) is 17.1 Å². The van der Waals surface area contributed by atoms with Gasteiger partial charge in [-0.3, -0.25) is 14.6 Å². The summed E-state index contributed by atoms with van der Waals surface area (Å²) in [6.45, 7) is 0. The highest BCUT2D eigenvalue weighted by molar-refractivity contribution is 6.27. The van der Waals surface area contributed by atoms with Gasteiger partial charge >= 0.3 is 5.97 Å². The van der Waals surface area contributed by atoms with Gasteiger partial charge in [0.2, 0.25) is 11.7 Å². The Hall–Kier alpha value is -2.96. The number of aromatic nitrogens is 2. The van der Waals surface area contributed by atoms with Gasteiger partial charge in [-0.25, -0.2) is 4.98 Å². The molecule has 1 unspecified atom stereocenters. The lowest BCUT2D eigenvalue weighted by atomic mass is 10.0. The number of H-pyrrole nitrogens is 1. The molecule has 4 rings (SSSR count). The van der Waals surface area contributed by atoms with E-state index in [4.69, 9.17) is 9.47 Å². The second-order valence-electron chi connectivity index (χ2n) is 5.77. The van der Waals surface area contributed by atoms with Crippen molar-refractivity contribution >= 4 is 34.8 Å². The second kappa shape index (κ2) is 5.59. The van der Waals surface area contributed by atoms with Crippen LogP contribution in [0.3, 0.4) is 0 Å². The molecule has 0 bridgehead atoms. The first-order chi connectivity index (χ1) is 11.7. The molecule has 1 saturated heterocycles. The topological polar surface area (TPSA) is 93.6 Å². The number of aliphatic imine (C=N–C) groups is 1. The van der Waals surface area contributed by atoms with Crippen molar-refractivity contribution in [3.05, 3.63) is 35.8 Å². The van der Waals surface area contributed by atoms with E-state index < -0.39 is 17.7 Å². The van der Waals surface area contributed by atoms with Gasteiger partial charge in [0.15, 0.2) is 11.7 Å². The highest BCUT2D eigenvalue weighted by atomic mass is 16.5. The fourth-order valence-electron chi connectivity index (χ4n) is 2.62. The minimum atomic E-state index is -1.11. The quantitative estimate of drug-likeness (QED) is 0.528. The fourth-order valence-corrected chi connectivity index (χ4v) is 2.62. The molecule has 122 valence electrons. The van der Waals surface area contributed by atoms with Crippen molar-refractivity contribution in [2.24, 2.45) is 10.9 Å². The number of Topliss-reactive ketones (excluding diaryl/α,β-unsaturated/α-hetero) is 1. The Kier molecular flexibility index (Phi) is 3.41. The number of pyridine rings is 1. The predicted octanol–water partition coefficient (Wildman–Crippen LogP) is 1.85. The third-order valence-electron chi connectivity index (χ3n) is 4.03. The molecule has 0 amide bonds. The smallest absolute Gasteiger partial charge is 0.326 e. The number of rotatable bonds is 3. The van der Waals surface area contributed by atoms with Gasteiger partial charge in [0.1, 0.15) is 5.65 Å². The number of allylic oxidation sites excluding steroid dienone is 1. The molecule has 7 heteroatoms. The largest absolute Gasteiger partial charge is 0.468 e. The summed E-state index contributed by atoms with van der Waals surface area (Å²) in [6, 6.07) is 3.84. The Bertz CT molecular complexity index is 892. The van der Waals surface area contributed by atoms with Crippen molar-refractivity contribution in [1.82, 2.24) is 9.97 Å². The zero-order valence-electron chi connectivity index (χ0n) is 13.0. The van der Waals surface area contributed by atoms with Gasteiger partial charge in [-0.2, -0.15) is 0 Å². The Morgan fingerprint density at radius 1 is 1.50 bits per heavy atom. The molecule has 1 N–H and O–H groups in total. The first kappa shape index (κ1) is 14.6. The highest BCUT2D eigenvalue weighted by Gasteiger charge is 2.45. The van der Waals surface area contributed by atoms with E-state index in [0.29, 0.717) is 5.65 Å². The average molecular weight is 325 g/mol. The minimum Gasteiger partial charge on any atom is -0.468 e. The number of hydrogen-bond donors (Lipinski definition) is 1. The average Bonchev–Trinajstić information content (AvgIpc) is 3.24.